The van der Waals surface area contributed by atoms with Gasteiger partial charge in [0.1, 0.15) is 12.0 Å². The van der Waals surface area contributed by atoms with E-state index in [0.717, 1.165) is 16.9 Å². The van der Waals surface area contributed by atoms with Crippen LogP contribution < -0.4 is 5.32 Å². The first-order valence-electron chi connectivity index (χ1n) is 7.13. The van der Waals surface area contributed by atoms with Crippen LogP contribution in [0.5, 0.6) is 0 Å². The Morgan fingerprint density at radius 1 is 1.41 bits per heavy atom. The first-order chi connectivity index (χ1) is 10.7. The van der Waals surface area contributed by atoms with Crippen molar-refractivity contribution in [3.8, 4) is 0 Å². The van der Waals surface area contributed by atoms with E-state index in [1.807, 2.05) is 35.9 Å². The number of aryl methyl sites for hydroxylation is 2. The molecule has 0 aliphatic carbocycles. The molecule has 0 aliphatic rings. The largest absolute Gasteiger partial charge is 0.350 e. The van der Waals surface area contributed by atoms with Crippen LogP contribution in [0.3, 0.4) is 0 Å². The number of rotatable bonds is 6. The lowest BCUT2D eigenvalue weighted by atomic mass is 10.3. The molecular weight excluding hydrogens is 282 g/mol. The molecule has 0 atom stereocenters. The average Bonchev–Trinajstić information content (AvgIpc) is 3.15. The van der Waals surface area contributed by atoms with Gasteiger partial charge < -0.3 is 9.72 Å². The van der Waals surface area contributed by atoms with E-state index in [4.69, 9.17) is 0 Å². The number of hydrogen-bond acceptors (Lipinski definition) is 5. The molecule has 3 heterocycles. The molecule has 0 aromatic carbocycles. The van der Waals surface area contributed by atoms with Crippen molar-refractivity contribution in [1.82, 2.24) is 34.9 Å². The average molecular weight is 299 g/mol. The summed E-state index contributed by atoms with van der Waals surface area (Å²) >= 11 is 0. The summed E-state index contributed by atoms with van der Waals surface area (Å²) in [5, 5.41) is 13.7. The number of nitrogens with zero attached hydrogens (tertiary/aromatic N) is 6. The normalized spacial score (nSPS) is 11.0. The molecule has 8 nitrogen and oxygen atoms in total. The van der Waals surface area contributed by atoms with Crippen molar-refractivity contribution >= 4 is 11.6 Å². The number of fused-ring (bicyclic) bond motifs is 1. The van der Waals surface area contributed by atoms with Crippen LogP contribution >= 0.6 is 0 Å². The SMILES string of the molecule is Cc1cccn2cc(CNC(=O)CCCn3cnnn3)nc12. The van der Waals surface area contributed by atoms with Gasteiger partial charge in [-0.25, -0.2) is 9.67 Å². The Morgan fingerprint density at radius 2 is 2.32 bits per heavy atom. The maximum absolute atomic E-state index is 11.8. The second-order valence-electron chi connectivity index (χ2n) is 5.11. The third-order valence-corrected chi connectivity index (χ3v) is 3.38. The highest BCUT2D eigenvalue weighted by Crippen LogP contribution is 2.09. The third-order valence-electron chi connectivity index (χ3n) is 3.38. The first kappa shape index (κ1) is 14.2. The highest BCUT2D eigenvalue weighted by Gasteiger charge is 2.06. The lowest BCUT2D eigenvalue weighted by Crippen LogP contribution is -2.23. The van der Waals surface area contributed by atoms with Gasteiger partial charge in [0.25, 0.3) is 0 Å². The quantitative estimate of drug-likeness (QED) is 0.724. The first-order valence-corrected chi connectivity index (χ1v) is 7.13. The van der Waals surface area contributed by atoms with Crippen molar-refractivity contribution in [3.63, 3.8) is 0 Å². The summed E-state index contributed by atoms with van der Waals surface area (Å²) in [7, 11) is 0. The van der Waals surface area contributed by atoms with E-state index in [-0.39, 0.29) is 5.91 Å². The van der Waals surface area contributed by atoms with Gasteiger partial charge in [-0.15, -0.1) is 5.10 Å². The maximum Gasteiger partial charge on any atom is 0.220 e. The molecule has 3 aromatic heterocycles. The van der Waals surface area contributed by atoms with E-state index in [2.05, 4.69) is 25.8 Å². The Morgan fingerprint density at radius 3 is 3.09 bits per heavy atom. The van der Waals surface area contributed by atoms with Crippen molar-refractivity contribution < 1.29 is 4.79 Å². The van der Waals surface area contributed by atoms with Crippen LogP contribution in [0.4, 0.5) is 0 Å². The molecule has 0 bridgehead atoms. The minimum absolute atomic E-state index is 0.00172. The van der Waals surface area contributed by atoms with Crippen molar-refractivity contribution in [2.75, 3.05) is 0 Å². The van der Waals surface area contributed by atoms with Gasteiger partial charge in [0.15, 0.2) is 0 Å². The highest BCUT2D eigenvalue weighted by molar-refractivity contribution is 5.75. The zero-order valence-electron chi connectivity index (χ0n) is 12.3. The van der Waals surface area contributed by atoms with Crippen LogP contribution in [0.15, 0.2) is 30.9 Å². The smallest absolute Gasteiger partial charge is 0.220 e. The lowest BCUT2D eigenvalue weighted by molar-refractivity contribution is -0.121. The Balaban J connectivity index is 1.48. The summed E-state index contributed by atoms with van der Waals surface area (Å²) in [5.41, 5.74) is 2.88. The predicted molar refractivity (Wildman–Crippen MR) is 78.8 cm³/mol. The molecule has 0 saturated carbocycles. The fourth-order valence-corrected chi connectivity index (χ4v) is 2.25. The standard InChI is InChI=1S/C14H17N7O/c1-11-4-2-6-20-9-12(17-14(11)20)8-15-13(22)5-3-7-21-10-16-18-19-21/h2,4,6,9-10H,3,5,7-8H2,1H3,(H,15,22). The second kappa shape index (κ2) is 6.33. The van der Waals surface area contributed by atoms with E-state index in [1.165, 1.54) is 6.33 Å². The van der Waals surface area contributed by atoms with Gasteiger partial charge in [0, 0.05) is 25.4 Å². The summed E-state index contributed by atoms with van der Waals surface area (Å²) in [6, 6.07) is 4.00. The molecular formula is C14H17N7O. The van der Waals surface area contributed by atoms with Crippen molar-refractivity contribution in [2.24, 2.45) is 0 Å². The number of aromatic nitrogens is 6. The van der Waals surface area contributed by atoms with Crippen LogP contribution in [0.25, 0.3) is 5.65 Å². The van der Waals surface area contributed by atoms with Gasteiger partial charge in [0.05, 0.1) is 12.2 Å². The van der Waals surface area contributed by atoms with Crippen LogP contribution in [0, 0.1) is 6.92 Å². The summed E-state index contributed by atoms with van der Waals surface area (Å²) in [4.78, 5) is 16.3. The second-order valence-corrected chi connectivity index (χ2v) is 5.11. The summed E-state index contributed by atoms with van der Waals surface area (Å²) in [5.74, 6) is 0.00172. The lowest BCUT2D eigenvalue weighted by Gasteiger charge is -2.02. The molecule has 0 aliphatic heterocycles. The Bertz CT molecular complexity index is 763. The Labute approximate surface area is 127 Å². The van der Waals surface area contributed by atoms with Gasteiger partial charge in [-0.05, 0) is 35.4 Å². The zero-order chi connectivity index (χ0) is 15.4. The summed E-state index contributed by atoms with van der Waals surface area (Å²) in [6.45, 7) is 3.09. The van der Waals surface area contributed by atoms with E-state index in [1.54, 1.807) is 4.68 Å². The van der Waals surface area contributed by atoms with Gasteiger partial charge in [0.2, 0.25) is 5.91 Å². The molecule has 0 saturated heterocycles. The number of carbonyl (C=O) groups excluding carboxylic acids is 1. The monoisotopic (exact) mass is 299 g/mol. The molecule has 1 amide bonds. The topological polar surface area (TPSA) is 90.0 Å². The summed E-state index contributed by atoms with van der Waals surface area (Å²) in [6.07, 6.45) is 6.56. The van der Waals surface area contributed by atoms with Crippen LogP contribution in [0.1, 0.15) is 24.1 Å². The van der Waals surface area contributed by atoms with Gasteiger partial charge in [-0.1, -0.05) is 6.07 Å². The van der Waals surface area contributed by atoms with E-state index in [9.17, 15) is 4.79 Å². The number of nitrogens with one attached hydrogen (secondary N) is 1. The molecule has 8 heteroatoms. The predicted octanol–water partition coefficient (Wildman–Crippen LogP) is 0.726. The van der Waals surface area contributed by atoms with Crippen LogP contribution in [0.2, 0.25) is 0 Å². The fraction of sp³-hybridized carbons (Fsp3) is 0.357. The molecule has 0 fully saturated rings. The van der Waals surface area contributed by atoms with Crippen molar-refractivity contribution in [2.45, 2.75) is 32.9 Å². The molecule has 0 radical (unpaired) electrons. The maximum atomic E-state index is 11.8. The van der Waals surface area contributed by atoms with Crippen molar-refractivity contribution in [1.29, 1.82) is 0 Å². The number of carbonyl (C=O) groups is 1. The van der Waals surface area contributed by atoms with Gasteiger partial charge >= 0.3 is 0 Å². The van der Waals surface area contributed by atoms with E-state index < -0.39 is 0 Å². The fourth-order valence-electron chi connectivity index (χ4n) is 2.25. The summed E-state index contributed by atoms with van der Waals surface area (Å²) < 4.78 is 3.58. The molecule has 0 spiro atoms. The van der Waals surface area contributed by atoms with Crippen LogP contribution in [-0.4, -0.2) is 35.5 Å². The Kier molecular flexibility index (Phi) is 4.08. The molecule has 3 aromatic rings. The number of amides is 1. The molecule has 22 heavy (non-hydrogen) atoms. The molecule has 1 N–H and O–H groups in total. The molecule has 0 unspecified atom stereocenters. The Hall–Kier alpha value is -2.77. The number of tetrazole rings is 1. The molecule has 114 valence electrons. The zero-order valence-corrected chi connectivity index (χ0v) is 12.3. The van der Waals surface area contributed by atoms with Gasteiger partial charge in [-0.3, -0.25) is 4.79 Å². The van der Waals surface area contributed by atoms with Gasteiger partial charge in [-0.2, -0.15) is 0 Å². The van der Waals surface area contributed by atoms with Crippen LogP contribution in [-0.2, 0) is 17.9 Å². The molecule has 3 rings (SSSR count). The highest BCUT2D eigenvalue weighted by atomic mass is 16.1. The third kappa shape index (κ3) is 3.27. The van der Waals surface area contributed by atoms with Crippen molar-refractivity contribution in [3.05, 3.63) is 42.1 Å². The number of pyridine rings is 1. The minimum atomic E-state index is 0.00172. The number of hydrogen-bond donors (Lipinski definition) is 1. The van der Waals surface area contributed by atoms with E-state index >= 15 is 0 Å². The van der Waals surface area contributed by atoms with E-state index in [0.29, 0.717) is 25.9 Å². The number of imidazole rings is 1. The minimum Gasteiger partial charge on any atom is -0.350 e.